The smallest absolute Gasteiger partial charge is 0.340 e. The lowest BCUT2D eigenvalue weighted by Gasteiger charge is -2.11. The molecule has 1 amide bonds. The fraction of sp³-hybridized carbons (Fsp3) is 0.278. The van der Waals surface area contributed by atoms with Gasteiger partial charge in [-0.2, -0.15) is 0 Å². The standard InChI is InChI=1S/C18H18N4O4S/c1-10(17(24)15-6-5-14(27-15)8-19-12(3)23)26-18(25)13-4-7-16-21-20-11(2)22(16)9-13/h4-7,9-10H,8H2,1-3H3,(H,19,23). The number of rotatable bonds is 6. The summed E-state index contributed by atoms with van der Waals surface area (Å²) in [7, 11) is 0. The van der Waals surface area contributed by atoms with Crippen molar-refractivity contribution in [2.24, 2.45) is 0 Å². The third-order valence-corrected chi connectivity index (χ3v) is 4.98. The molecule has 1 unspecified atom stereocenters. The molecule has 0 spiro atoms. The third-order valence-electron chi connectivity index (χ3n) is 3.88. The molecule has 8 nitrogen and oxygen atoms in total. The first-order valence-corrected chi connectivity index (χ1v) is 9.06. The Labute approximate surface area is 159 Å². The van der Waals surface area contributed by atoms with Crippen LogP contribution in [0.1, 0.15) is 44.6 Å². The van der Waals surface area contributed by atoms with Gasteiger partial charge in [0.15, 0.2) is 11.8 Å². The molecular weight excluding hydrogens is 368 g/mol. The quantitative estimate of drug-likeness (QED) is 0.514. The van der Waals surface area contributed by atoms with E-state index in [-0.39, 0.29) is 11.7 Å². The zero-order valence-electron chi connectivity index (χ0n) is 15.1. The van der Waals surface area contributed by atoms with Gasteiger partial charge in [-0.15, -0.1) is 21.5 Å². The van der Waals surface area contributed by atoms with Gasteiger partial charge in [-0.3, -0.25) is 14.0 Å². The molecule has 0 aliphatic carbocycles. The lowest BCUT2D eigenvalue weighted by atomic mass is 10.2. The van der Waals surface area contributed by atoms with Crippen LogP contribution in [0.5, 0.6) is 0 Å². The Balaban J connectivity index is 1.67. The maximum absolute atomic E-state index is 12.5. The molecule has 9 heteroatoms. The summed E-state index contributed by atoms with van der Waals surface area (Å²) in [5.74, 6) is -0.377. The van der Waals surface area contributed by atoms with Crippen molar-refractivity contribution in [2.45, 2.75) is 33.4 Å². The predicted molar refractivity (Wildman–Crippen MR) is 98.8 cm³/mol. The number of carbonyl (C=O) groups excluding carboxylic acids is 3. The molecule has 0 radical (unpaired) electrons. The Morgan fingerprint density at radius 1 is 1.22 bits per heavy atom. The average molecular weight is 386 g/mol. The number of hydrogen-bond donors (Lipinski definition) is 1. The number of aryl methyl sites for hydroxylation is 1. The molecule has 0 saturated heterocycles. The number of hydrogen-bond acceptors (Lipinski definition) is 7. The average Bonchev–Trinajstić information content (AvgIpc) is 3.26. The zero-order chi connectivity index (χ0) is 19.6. The molecule has 0 aromatic carbocycles. The Hall–Kier alpha value is -3.07. The number of amides is 1. The fourth-order valence-electron chi connectivity index (χ4n) is 2.43. The minimum Gasteiger partial charge on any atom is -0.451 e. The van der Waals surface area contributed by atoms with Crippen LogP contribution in [0.3, 0.4) is 0 Å². The fourth-order valence-corrected chi connectivity index (χ4v) is 3.39. The van der Waals surface area contributed by atoms with E-state index < -0.39 is 12.1 Å². The number of pyridine rings is 1. The van der Waals surface area contributed by atoms with Crippen LogP contribution in [-0.4, -0.2) is 38.4 Å². The minimum atomic E-state index is -0.928. The lowest BCUT2D eigenvalue weighted by Crippen LogP contribution is -2.24. The number of aromatic nitrogens is 3. The largest absolute Gasteiger partial charge is 0.451 e. The molecule has 0 fully saturated rings. The molecule has 3 heterocycles. The van der Waals surface area contributed by atoms with Crippen molar-refractivity contribution in [3.63, 3.8) is 0 Å². The second kappa shape index (κ2) is 7.67. The van der Waals surface area contributed by atoms with Gasteiger partial charge in [0.25, 0.3) is 0 Å². The van der Waals surface area contributed by atoms with Gasteiger partial charge in [0, 0.05) is 18.0 Å². The highest BCUT2D eigenvalue weighted by atomic mass is 32.1. The van der Waals surface area contributed by atoms with Gasteiger partial charge in [-0.05, 0) is 38.1 Å². The van der Waals surface area contributed by atoms with Crippen LogP contribution in [0.15, 0.2) is 30.5 Å². The van der Waals surface area contributed by atoms with Gasteiger partial charge in [0.1, 0.15) is 5.82 Å². The van der Waals surface area contributed by atoms with Crippen molar-refractivity contribution in [2.75, 3.05) is 0 Å². The number of esters is 1. The second-order valence-corrected chi connectivity index (χ2v) is 7.15. The molecule has 1 atom stereocenters. The van der Waals surface area contributed by atoms with Crippen LogP contribution in [0.4, 0.5) is 0 Å². The number of ketones is 1. The van der Waals surface area contributed by atoms with Crippen molar-refractivity contribution in [3.8, 4) is 0 Å². The van der Waals surface area contributed by atoms with Gasteiger partial charge < -0.3 is 10.1 Å². The number of carbonyl (C=O) groups is 3. The monoisotopic (exact) mass is 386 g/mol. The van der Waals surface area contributed by atoms with Crippen molar-refractivity contribution >= 4 is 34.6 Å². The molecule has 27 heavy (non-hydrogen) atoms. The van der Waals surface area contributed by atoms with E-state index in [2.05, 4.69) is 15.5 Å². The van der Waals surface area contributed by atoms with E-state index in [1.807, 2.05) is 0 Å². The SMILES string of the molecule is CC(=O)NCc1ccc(C(=O)C(C)OC(=O)c2ccc3nnc(C)n3c2)s1. The first-order valence-electron chi connectivity index (χ1n) is 8.25. The van der Waals surface area contributed by atoms with Crippen LogP contribution < -0.4 is 5.32 Å². The van der Waals surface area contributed by atoms with Crippen molar-refractivity contribution in [1.82, 2.24) is 19.9 Å². The first-order chi connectivity index (χ1) is 12.8. The number of nitrogens with zero attached hydrogens (tertiary/aromatic N) is 3. The summed E-state index contributed by atoms with van der Waals surface area (Å²) in [6.45, 7) is 5.10. The molecule has 3 rings (SSSR count). The molecule has 0 bridgehead atoms. The number of fused-ring (bicyclic) bond motifs is 1. The first kappa shape index (κ1) is 18.7. The molecule has 0 aliphatic rings. The highest BCUT2D eigenvalue weighted by molar-refractivity contribution is 7.14. The van der Waals surface area contributed by atoms with Gasteiger partial charge in [-0.1, -0.05) is 0 Å². The molecule has 1 N–H and O–H groups in total. The van der Waals surface area contributed by atoms with E-state index in [1.54, 1.807) is 41.8 Å². The Bertz CT molecular complexity index is 1020. The van der Waals surface area contributed by atoms with Crippen molar-refractivity contribution < 1.29 is 19.1 Å². The topological polar surface area (TPSA) is 103 Å². The van der Waals surface area contributed by atoms with Crippen molar-refractivity contribution in [3.05, 3.63) is 51.6 Å². The second-order valence-electron chi connectivity index (χ2n) is 5.98. The number of thiophene rings is 1. The maximum Gasteiger partial charge on any atom is 0.340 e. The summed E-state index contributed by atoms with van der Waals surface area (Å²) in [6.07, 6.45) is 0.656. The summed E-state index contributed by atoms with van der Waals surface area (Å²) >= 11 is 1.26. The van der Waals surface area contributed by atoms with E-state index in [4.69, 9.17) is 4.74 Å². The Morgan fingerprint density at radius 3 is 2.74 bits per heavy atom. The summed E-state index contributed by atoms with van der Waals surface area (Å²) in [5.41, 5.74) is 0.932. The highest BCUT2D eigenvalue weighted by Gasteiger charge is 2.22. The lowest BCUT2D eigenvalue weighted by molar-refractivity contribution is -0.119. The molecular formula is C18H18N4O4S. The van der Waals surface area contributed by atoms with Crippen LogP contribution in [-0.2, 0) is 16.1 Å². The van der Waals surface area contributed by atoms with E-state index in [1.165, 1.54) is 25.2 Å². The summed E-state index contributed by atoms with van der Waals surface area (Å²) in [4.78, 5) is 37.2. The maximum atomic E-state index is 12.5. The number of nitrogens with one attached hydrogen (secondary N) is 1. The molecule has 0 aliphatic heterocycles. The third kappa shape index (κ3) is 4.20. The van der Waals surface area contributed by atoms with Gasteiger partial charge in [0.2, 0.25) is 11.7 Å². The molecule has 3 aromatic rings. The van der Waals surface area contributed by atoms with Gasteiger partial charge in [0.05, 0.1) is 17.0 Å². The summed E-state index contributed by atoms with van der Waals surface area (Å²) in [5, 5.41) is 10.6. The normalized spacial score (nSPS) is 12.0. The molecule has 3 aromatic heterocycles. The summed E-state index contributed by atoms with van der Waals surface area (Å²) in [6, 6.07) is 6.68. The van der Waals surface area contributed by atoms with Gasteiger partial charge >= 0.3 is 5.97 Å². The number of Topliss-reactive ketones (excluding diaryl/α,β-unsaturated/α-hetero) is 1. The molecule has 140 valence electrons. The van der Waals surface area contributed by atoms with Crippen LogP contribution in [0.2, 0.25) is 0 Å². The summed E-state index contributed by atoms with van der Waals surface area (Å²) < 4.78 is 7.00. The van der Waals surface area contributed by atoms with E-state index in [9.17, 15) is 14.4 Å². The van der Waals surface area contributed by atoms with Gasteiger partial charge in [-0.25, -0.2) is 4.79 Å². The van der Waals surface area contributed by atoms with E-state index in [0.717, 1.165) is 4.88 Å². The van der Waals surface area contributed by atoms with Crippen LogP contribution in [0, 0.1) is 6.92 Å². The predicted octanol–water partition coefficient (Wildman–Crippen LogP) is 2.16. The zero-order valence-corrected chi connectivity index (χ0v) is 15.9. The highest BCUT2D eigenvalue weighted by Crippen LogP contribution is 2.19. The van der Waals surface area contributed by atoms with E-state index >= 15 is 0 Å². The van der Waals surface area contributed by atoms with Crippen molar-refractivity contribution in [1.29, 1.82) is 0 Å². The number of ether oxygens (including phenoxy) is 1. The Morgan fingerprint density at radius 2 is 2.00 bits per heavy atom. The molecule has 0 saturated carbocycles. The van der Waals surface area contributed by atoms with E-state index in [0.29, 0.717) is 28.5 Å². The Kier molecular flexibility index (Phi) is 5.31. The minimum absolute atomic E-state index is 0.140. The van der Waals surface area contributed by atoms with Crippen LogP contribution in [0.25, 0.3) is 5.65 Å². The van der Waals surface area contributed by atoms with Crippen LogP contribution >= 0.6 is 11.3 Å².